The number of hydrogen-bond acceptors (Lipinski definition) is 3. The average Bonchev–Trinajstić information content (AvgIpc) is 2.26. The first kappa shape index (κ1) is 14.8. The van der Waals surface area contributed by atoms with Crippen molar-refractivity contribution in [3.05, 3.63) is 23.9 Å². The van der Waals surface area contributed by atoms with E-state index in [0.29, 0.717) is 12.2 Å². The Labute approximate surface area is 105 Å². The van der Waals surface area contributed by atoms with Crippen LogP contribution < -0.4 is 11.1 Å². The van der Waals surface area contributed by atoms with Gasteiger partial charge in [0.05, 0.1) is 6.54 Å². The fourth-order valence-electron chi connectivity index (χ4n) is 1.75. The molecular weight excluding hydrogens is 243 g/mol. The van der Waals surface area contributed by atoms with E-state index in [1.807, 2.05) is 13.0 Å². The summed E-state index contributed by atoms with van der Waals surface area (Å²) in [7, 11) is 0. The first-order chi connectivity index (χ1) is 8.28. The van der Waals surface area contributed by atoms with Crippen molar-refractivity contribution in [1.29, 1.82) is 0 Å². The third-order valence-corrected chi connectivity index (χ3v) is 2.74. The van der Waals surface area contributed by atoms with Gasteiger partial charge in [-0.3, -0.25) is 0 Å². The topological polar surface area (TPSA) is 50.9 Å². The Balaban J connectivity index is 2.44. The van der Waals surface area contributed by atoms with Crippen LogP contribution in [0.4, 0.5) is 19.0 Å². The van der Waals surface area contributed by atoms with Gasteiger partial charge in [-0.15, -0.1) is 0 Å². The average molecular weight is 261 g/mol. The van der Waals surface area contributed by atoms with Crippen LogP contribution in [0.5, 0.6) is 0 Å². The van der Waals surface area contributed by atoms with Crippen LogP contribution in [0.3, 0.4) is 0 Å². The van der Waals surface area contributed by atoms with Gasteiger partial charge in [-0.2, -0.15) is 13.2 Å². The van der Waals surface area contributed by atoms with E-state index in [4.69, 9.17) is 5.73 Å². The molecule has 0 aromatic carbocycles. The maximum absolute atomic E-state index is 12.0. The molecule has 0 unspecified atom stereocenters. The second kappa shape index (κ2) is 6.04. The Morgan fingerprint density at radius 2 is 2.00 bits per heavy atom. The van der Waals surface area contributed by atoms with Gasteiger partial charge in [0.15, 0.2) is 0 Å². The van der Waals surface area contributed by atoms with Crippen molar-refractivity contribution in [2.75, 3.05) is 12.3 Å². The summed E-state index contributed by atoms with van der Waals surface area (Å²) in [5.41, 5.74) is 6.45. The van der Waals surface area contributed by atoms with E-state index in [-0.39, 0.29) is 12.0 Å². The number of nitrogens with two attached hydrogens (primary N) is 1. The number of nitrogens with one attached hydrogen (secondary N) is 1. The van der Waals surface area contributed by atoms with Crippen LogP contribution in [0.15, 0.2) is 18.3 Å². The highest BCUT2D eigenvalue weighted by molar-refractivity contribution is 5.30. The zero-order valence-corrected chi connectivity index (χ0v) is 10.5. The monoisotopic (exact) mass is 261 g/mol. The van der Waals surface area contributed by atoms with Gasteiger partial charge >= 0.3 is 6.18 Å². The molecule has 0 saturated carbocycles. The molecule has 2 atom stereocenters. The molecule has 0 aliphatic carbocycles. The van der Waals surface area contributed by atoms with Crippen molar-refractivity contribution < 1.29 is 13.2 Å². The zero-order valence-electron chi connectivity index (χ0n) is 10.5. The van der Waals surface area contributed by atoms with Crippen LogP contribution in [-0.2, 0) is 0 Å². The van der Waals surface area contributed by atoms with Crippen LogP contribution in [0.25, 0.3) is 0 Å². The fourth-order valence-corrected chi connectivity index (χ4v) is 1.75. The van der Waals surface area contributed by atoms with Gasteiger partial charge in [-0.1, -0.05) is 13.0 Å². The summed E-state index contributed by atoms with van der Waals surface area (Å²) in [4.78, 5) is 3.97. The smallest absolute Gasteiger partial charge is 0.384 e. The minimum absolute atomic E-state index is 0.133. The van der Waals surface area contributed by atoms with Crippen LogP contribution in [0, 0.1) is 0 Å². The summed E-state index contributed by atoms with van der Waals surface area (Å²) in [6.45, 7) is 2.74. The Hall–Kier alpha value is -1.30. The van der Waals surface area contributed by atoms with Crippen molar-refractivity contribution >= 4 is 5.82 Å². The maximum Gasteiger partial charge on any atom is 0.401 e. The molecule has 18 heavy (non-hydrogen) atoms. The van der Waals surface area contributed by atoms with E-state index < -0.39 is 12.7 Å². The molecule has 1 rings (SSSR count). The molecule has 0 aliphatic heterocycles. The van der Waals surface area contributed by atoms with Gasteiger partial charge in [0.2, 0.25) is 0 Å². The molecule has 0 saturated heterocycles. The van der Waals surface area contributed by atoms with E-state index in [9.17, 15) is 13.2 Å². The number of pyridine rings is 1. The lowest BCUT2D eigenvalue weighted by Crippen LogP contribution is -2.36. The van der Waals surface area contributed by atoms with Gasteiger partial charge in [0.25, 0.3) is 0 Å². The van der Waals surface area contributed by atoms with E-state index in [1.54, 1.807) is 19.2 Å². The summed E-state index contributed by atoms with van der Waals surface area (Å²) >= 11 is 0. The van der Waals surface area contributed by atoms with Gasteiger partial charge < -0.3 is 11.1 Å². The molecule has 102 valence electrons. The van der Waals surface area contributed by atoms with Crippen molar-refractivity contribution in [1.82, 2.24) is 10.3 Å². The quantitative estimate of drug-likeness (QED) is 0.856. The summed E-state index contributed by atoms with van der Waals surface area (Å²) in [5.74, 6) is 0.572. The summed E-state index contributed by atoms with van der Waals surface area (Å²) in [6, 6.07) is 3.34. The standard InChI is InChI=1S/C12H18F3N3/c1-8(10-3-4-11(16)17-6-10)5-9(2)18-7-12(13,14)15/h3-4,6,8-9,18H,5,7H2,1-2H3,(H2,16,17)/t8-,9-/m0/s1. The molecule has 0 aliphatic rings. The summed E-state index contributed by atoms with van der Waals surface area (Å²) in [5, 5.41) is 2.46. The largest absolute Gasteiger partial charge is 0.401 e. The number of hydrogen-bond donors (Lipinski definition) is 2. The predicted octanol–water partition coefficient (Wildman–Crippen LogP) is 2.70. The molecule has 0 radical (unpaired) electrons. The minimum atomic E-state index is -4.17. The van der Waals surface area contributed by atoms with Gasteiger partial charge in [0.1, 0.15) is 5.82 Å². The molecule has 3 N–H and O–H groups in total. The van der Waals surface area contributed by atoms with E-state index in [0.717, 1.165) is 5.56 Å². The Bertz CT molecular complexity index is 362. The number of rotatable bonds is 5. The highest BCUT2D eigenvalue weighted by Crippen LogP contribution is 2.21. The highest BCUT2D eigenvalue weighted by atomic mass is 19.4. The molecular formula is C12H18F3N3. The zero-order chi connectivity index (χ0) is 13.8. The van der Waals surface area contributed by atoms with Crippen molar-refractivity contribution in [3.8, 4) is 0 Å². The molecule has 0 bridgehead atoms. The molecule has 6 heteroatoms. The summed E-state index contributed by atoms with van der Waals surface area (Å²) in [6.07, 6.45) is -1.89. The molecule has 1 heterocycles. The minimum Gasteiger partial charge on any atom is -0.384 e. The molecule has 1 aromatic rings. The molecule has 1 aromatic heterocycles. The third-order valence-electron chi connectivity index (χ3n) is 2.74. The van der Waals surface area contributed by atoms with Crippen molar-refractivity contribution in [3.63, 3.8) is 0 Å². The Morgan fingerprint density at radius 1 is 1.33 bits per heavy atom. The second-order valence-corrected chi connectivity index (χ2v) is 4.55. The van der Waals surface area contributed by atoms with Gasteiger partial charge in [-0.25, -0.2) is 4.98 Å². The van der Waals surface area contributed by atoms with Crippen LogP contribution >= 0.6 is 0 Å². The third kappa shape index (κ3) is 5.35. The SMILES string of the molecule is C[C@@H](C[C@H](C)c1ccc(N)nc1)NCC(F)(F)F. The lowest BCUT2D eigenvalue weighted by atomic mass is 9.96. The maximum atomic E-state index is 12.0. The van der Waals surface area contributed by atoms with E-state index in [1.165, 1.54) is 0 Å². The van der Waals surface area contributed by atoms with Crippen molar-refractivity contribution in [2.45, 2.75) is 38.4 Å². The van der Waals surface area contributed by atoms with Gasteiger partial charge in [0, 0.05) is 12.2 Å². The molecule has 0 spiro atoms. The number of nitrogen functional groups attached to an aromatic ring is 1. The fraction of sp³-hybridized carbons (Fsp3) is 0.583. The van der Waals surface area contributed by atoms with E-state index in [2.05, 4.69) is 10.3 Å². The highest BCUT2D eigenvalue weighted by Gasteiger charge is 2.27. The molecule has 0 fully saturated rings. The normalized spacial score (nSPS) is 15.4. The molecule has 3 nitrogen and oxygen atoms in total. The lowest BCUT2D eigenvalue weighted by Gasteiger charge is -2.19. The Kier molecular flexibility index (Phi) is 4.95. The number of alkyl halides is 3. The second-order valence-electron chi connectivity index (χ2n) is 4.55. The Morgan fingerprint density at radius 3 is 2.50 bits per heavy atom. The van der Waals surface area contributed by atoms with Crippen LogP contribution in [0.2, 0.25) is 0 Å². The molecule has 0 amide bonds. The lowest BCUT2D eigenvalue weighted by molar-refractivity contribution is -0.126. The predicted molar refractivity (Wildman–Crippen MR) is 65.2 cm³/mol. The number of anilines is 1. The number of nitrogens with zero attached hydrogens (tertiary/aromatic N) is 1. The number of halogens is 3. The van der Waals surface area contributed by atoms with Gasteiger partial charge in [-0.05, 0) is 30.9 Å². The van der Waals surface area contributed by atoms with Crippen LogP contribution in [-0.4, -0.2) is 23.7 Å². The van der Waals surface area contributed by atoms with Crippen molar-refractivity contribution in [2.24, 2.45) is 0 Å². The number of aromatic nitrogens is 1. The van der Waals surface area contributed by atoms with E-state index >= 15 is 0 Å². The first-order valence-electron chi connectivity index (χ1n) is 5.79. The summed E-state index contributed by atoms with van der Waals surface area (Å²) < 4.78 is 36.1. The van der Waals surface area contributed by atoms with Crippen LogP contribution in [0.1, 0.15) is 31.7 Å². The first-order valence-corrected chi connectivity index (χ1v) is 5.79.